The van der Waals surface area contributed by atoms with Crippen molar-refractivity contribution < 1.29 is 23.6 Å². The first-order valence-corrected chi connectivity index (χ1v) is 18.9. The average molecular weight is 691 g/mol. The SMILES string of the molecule is COC(=O)NC(C(=O)N1C2CCC(C2)C1c1ncc(-c2ccc(-c3ccc(B4OC(C)(C)C(C)(C)O4)c4c3C3(CCCC3)CC4)cc2)[nH]1)=C(C)C. The molecule has 2 aliphatic heterocycles. The van der Waals surface area contributed by atoms with Crippen molar-refractivity contribution >= 4 is 24.6 Å². The lowest BCUT2D eigenvalue weighted by Crippen LogP contribution is -2.44. The van der Waals surface area contributed by atoms with Gasteiger partial charge in [0.1, 0.15) is 11.5 Å². The number of likely N-dealkylation sites (tertiary alicyclic amines) is 1. The molecule has 3 aromatic rings. The number of benzene rings is 2. The summed E-state index contributed by atoms with van der Waals surface area (Å²) < 4.78 is 18.0. The van der Waals surface area contributed by atoms with Gasteiger partial charge < -0.3 is 23.9 Å². The van der Waals surface area contributed by atoms with Gasteiger partial charge in [0.25, 0.3) is 5.91 Å². The van der Waals surface area contributed by atoms with Gasteiger partial charge in [-0.25, -0.2) is 9.78 Å². The van der Waals surface area contributed by atoms with Gasteiger partial charge >= 0.3 is 13.2 Å². The van der Waals surface area contributed by atoms with E-state index in [0.29, 0.717) is 5.92 Å². The summed E-state index contributed by atoms with van der Waals surface area (Å²) in [4.78, 5) is 36.4. The average Bonchev–Trinajstić information content (AvgIpc) is 3.97. The van der Waals surface area contributed by atoms with Gasteiger partial charge in [-0.2, -0.15) is 0 Å². The van der Waals surface area contributed by atoms with Crippen molar-refractivity contribution in [3.63, 3.8) is 0 Å². The number of nitrogens with one attached hydrogen (secondary N) is 2. The van der Waals surface area contributed by atoms with Gasteiger partial charge in [0.05, 0.1) is 36.2 Å². The summed E-state index contributed by atoms with van der Waals surface area (Å²) in [5.41, 5.74) is 9.15. The van der Waals surface area contributed by atoms with E-state index in [1.54, 1.807) is 0 Å². The molecule has 51 heavy (non-hydrogen) atoms. The highest BCUT2D eigenvalue weighted by Crippen LogP contribution is 2.54. The number of amides is 2. The maximum absolute atomic E-state index is 13.9. The van der Waals surface area contributed by atoms with Crippen LogP contribution >= 0.6 is 0 Å². The lowest BCUT2D eigenvalue weighted by atomic mass is 9.70. The topological polar surface area (TPSA) is 106 Å². The number of aromatic amines is 1. The van der Waals surface area contributed by atoms with Gasteiger partial charge in [0, 0.05) is 6.04 Å². The number of allylic oxidation sites excluding steroid dienone is 1. The van der Waals surface area contributed by atoms with Crippen molar-refractivity contribution in [2.45, 2.75) is 128 Å². The van der Waals surface area contributed by atoms with Crippen LogP contribution in [-0.4, -0.2) is 58.3 Å². The predicted molar refractivity (Wildman–Crippen MR) is 198 cm³/mol. The van der Waals surface area contributed by atoms with E-state index in [4.69, 9.17) is 19.0 Å². The molecule has 1 spiro atoms. The van der Waals surface area contributed by atoms with Gasteiger partial charge in [-0.05, 0) is 137 Å². The minimum atomic E-state index is -0.645. The fourth-order valence-electron chi connectivity index (χ4n) is 9.78. The Morgan fingerprint density at radius 2 is 1.65 bits per heavy atom. The quantitative estimate of drug-likeness (QED) is 0.205. The van der Waals surface area contributed by atoms with Crippen molar-refractivity contribution in [2.24, 2.45) is 5.92 Å². The third-order valence-electron chi connectivity index (χ3n) is 13.1. The van der Waals surface area contributed by atoms with Crippen molar-refractivity contribution in [3.05, 3.63) is 70.8 Å². The van der Waals surface area contributed by atoms with Crippen LogP contribution < -0.4 is 10.8 Å². The summed E-state index contributed by atoms with van der Waals surface area (Å²) in [6, 6.07) is 13.4. The maximum Gasteiger partial charge on any atom is 0.495 e. The van der Waals surface area contributed by atoms with Crippen LogP contribution in [0.1, 0.15) is 116 Å². The zero-order valence-electron chi connectivity index (χ0n) is 31.2. The second-order valence-corrected chi connectivity index (χ2v) is 16.8. The van der Waals surface area contributed by atoms with Crippen LogP contribution in [0.2, 0.25) is 0 Å². The Labute approximate surface area is 302 Å². The van der Waals surface area contributed by atoms with Gasteiger partial charge in [0.2, 0.25) is 0 Å². The molecule has 3 atom stereocenters. The Morgan fingerprint density at radius 1 is 0.961 bits per heavy atom. The van der Waals surface area contributed by atoms with Gasteiger partial charge in [-0.1, -0.05) is 49.2 Å². The molecule has 2 N–H and O–H groups in total. The standard InChI is InChI=1S/C41H51BN4O5/c1-24(2)34(45-38(48)49-7)37(47)46-28-15-14-27(22-28)35(46)36-43-23-32(44-36)26-12-10-25(11-13-26)29-16-17-31(42-50-39(3,4)40(5,6)51-42)30-18-21-41(33(29)30)19-8-9-20-41/h10-13,16-17,23,27-28,35H,8-9,14-15,18-22H2,1-7H3,(H,43,44)(H,45,48). The summed E-state index contributed by atoms with van der Waals surface area (Å²) >= 11 is 0. The number of fused-ring (bicyclic) bond motifs is 4. The van der Waals surface area contributed by atoms with Gasteiger partial charge in [-0.15, -0.1) is 0 Å². The van der Waals surface area contributed by atoms with E-state index < -0.39 is 6.09 Å². The van der Waals surface area contributed by atoms with E-state index in [1.807, 2.05) is 24.9 Å². The summed E-state index contributed by atoms with van der Waals surface area (Å²) in [6.07, 6.45) is 11.5. The first-order chi connectivity index (χ1) is 24.3. The Bertz CT molecular complexity index is 1890. The number of aromatic nitrogens is 2. The molecule has 2 aromatic carbocycles. The molecule has 8 rings (SSSR count). The second kappa shape index (κ2) is 12.4. The molecule has 2 bridgehead atoms. The number of alkyl carbamates (subject to hydrolysis) is 1. The number of piperidine rings is 1. The number of H-pyrrole nitrogens is 1. The predicted octanol–water partition coefficient (Wildman–Crippen LogP) is 7.50. The number of carbonyl (C=O) groups excluding carboxylic acids is 2. The van der Waals surface area contributed by atoms with E-state index >= 15 is 0 Å². The van der Waals surface area contributed by atoms with Crippen molar-refractivity contribution in [3.8, 4) is 22.4 Å². The van der Waals surface area contributed by atoms with Crippen LogP contribution in [0.4, 0.5) is 4.79 Å². The lowest BCUT2D eigenvalue weighted by molar-refractivity contribution is -0.132. The monoisotopic (exact) mass is 690 g/mol. The van der Waals surface area contributed by atoms with E-state index in [1.165, 1.54) is 66.9 Å². The van der Waals surface area contributed by atoms with Crippen LogP contribution in [0.15, 0.2) is 53.9 Å². The first kappa shape index (κ1) is 34.2. The molecule has 0 radical (unpaired) electrons. The van der Waals surface area contributed by atoms with Crippen LogP contribution in [0.25, 0.3) is 22.4 Å². The molecular formula is C41H51BN4O5. The van der Waals surface area contributed by atoms with Crippen molar-refractivity contribution in [1.82, 2.24) is 20.2 Å². The minimum absolute atomic E-state index is 0.121. The number of methoxy groups -OCH3 is 1. The van der Waals surface area contributed by atoms with Gasteiger partial charge in [-0.3, -0.25) is 10.1 Å². The van der Waals surface area contributed by atoms with E-state index in [2.05, 4.69) is 74.4 Å². The Morgan fingerprint density at radius 3 is 2.31 bits per heavy atom. The molecule has 3 heterocycles. The fraction of sp³-hybridized carbons (Fsp3) is 0.537. The third-order valence-corrected chi connectivity index (χ3v) is 13.1. The molecule has 2 amide bonds. The molecule has 10 heteroatoms. The zero-order chi connectivity index (χ0) is 35.9. The Hall–Kier alpha value is -3.89. The van der Waals surface area contributed by atoms with Gasteiger partial charge in [0.15, 0.2) is 0 Å². The number of imidazole rings is 1. The molecule has 2 saturated heterocycles. The lowest BCUT2D eigenvalue weighted by Gasteiger charge is -2.35. The Balaban J connectivity index is 1.08. The van der Waals surface area contributed by atoms with Crippen LogP contribution in [0.5, 0.6) is 0 Å². The summed E-state index contributed by atoms with van der Waals surface area (Å²) in [7, 11) is 0.947. The summed E-state index contributed by atoms with van der Waals surface area (Å²) in [5.74, 6) is 0.930. The number of hydrogen-bond acceptors (Lipinski definition) is 6. The first-order valence-electron chi connectivity index (χ1n) is 18.9. The summed E-state index contributed by atoms with van der Waals surface area (Å²) in [5, 5.41) is 2.66. The van der Waals surface area contributed by atoms with Crippen LogP contribution in [0, 0.1) is 5.92 Å². The van der Waals surface area contributed by atoms with Crippen LogP contribution in [-0.2, 0) is 30.7 Å². The summed E-state index contributed by atoms with van der Waals surface area (Å²) in [6.45, 7) is 12.2. The van der Waals surface area contributed by atoms with Crippen LogP contribution in [0.3, 0.4) is 0 Å². The van der Waals surface area contributed by atoms with E-state index in [0.717, 1.165) is 48.3 Å². The van der Waals surface area contributed by atoms with Crippen molar-refractivity contribution in [1.29, 1.82) is 0 Å². The highest BCUT2D eigenvalue weighted by molar-refractivity contribution is 6.62. The molecule has 5 aliphatic rings. The highest BCUT2D eigenvalue weighted by Gasteiger charge is 2.54. The van der Waals surface area contributed by atoms with Crippen molar-refractivity contribution in [2.75, 3.05) is 7.11 Å². The van der Waals surface area contributed by atoms with E-state index in [-0.39, 0.29) is 47.4 Å². The molecule has 3 unspecified atom stereocenters. The minimum Gasteiger partial charge on any atom is -0.453 e. The maximum atomic E-state index is 13.9. The van der Waals surface area contributed by atoms with E-state index in [9.17, 15) is 9.59 Å². The number of carbonyl (C=O) groups is 2. The number of rotatable bonds is 6. The number of ether oxygens (including phenoxy) is 1. The Kier molecular flexibility index (Phi) is 8.30. The molecule has 4 fully saturated rings. The number of nitrogens with zero attached hydrogens (tertiary/aromatic N) is 2. The second-order valence-electron chi connectivity index (χ2n) is 16.8. The highest BCUT2D eigenvalue weighted by atomic mass is 16.7. The molecule has 1 aromatic heterocycles. The molecule has 9 nitrogen and oxygen atoms in total. The largest absolute Gasteiger partial charge is 0.495 e. The number of hydrogen-bond donors (Lipinski definition) is 2. The normalized spacial score (nSPS) is 25.0. The third kappa shape index (κ3) is 5.55. The molecule has 2 saturated carbocycles. The fourth-order valence-corrected chi connectivity index (χ4v) is 9.78. The molecule has 268 valence electrons. The molecule has 3 aliphatic carbocycles. The zero-order valence-corrected chi connectivity index (χ0v) is 31.2. The smallest absolute Gasteiger partial charge is 0.453 e. The molecular weight excluding hydrogens is 639 g/mol.